The monoisotopic (exact) mass is 297 g/mol. The molecule has 0 bridgehead atoms. The van der Waals surface area contributed by atoms with Crippen LogP contribution in [-0.4, -0.2) is 6.54 Å². The maximum absolute atomic E-state index is 13.5. The van der Waals surface area contributed by atoms with Gasteiger partial charge in [-0.2, -0.15) is 0 Å². The summed E-state index contributed by atoms with van der Waals surface area (Å²) in [6.45, 7) is 10.2. The highest BCUT2D eigenvalue weighted by molar-refractivity contribution is 7.19. The first-order chi connectivity index (χ1) is 9.40. The second kappa shape index (κ2) is 6.19. The Kier molecular flexibility index (Phi) is 4.76. The fourth-order valence-corrected chi connectivity index (χ4v) is 3.74. The average molecular weight is 297 g/mol. The van der Waals surface area contributed by atoms with Crippen molar-refractivity contribution in [3.8, 4) is 0 Å². The topological polar surface area (TPSA) is 12.0 Å². The molecule has 2 rings (SSSR count). The Morgan fingerprint density at radius 1 is 1.10 bits per heavy atom. The van der Waals surface area contributed by atoms with Gasteiger partial charge >= 0.3 is 0 Å². The molecule has 0 aliphatic heterocycles. The Morgan fingerprint density at radius 3 is 2.35 bits per heavy atom. The highest BCUT2D eigenvalue weighted by Crippen LogP contribution is 2.37. The molecule has 0 spiro atoms. The normalized spacial score (nSPS) is 12.0. The SMILES string of the molecule is CC(C)CNCc1sc2cc(F)c(F)cc2c1C(C)C. The fraction of sp³-hybridized carbons (Fsp3) is 0.500. The van der Waals surface area contributed by atoms with E-state index in [2.05, 4.69) is 33.0 Å². The Balaban J connectivity index is 2.40. The molecular formula is C16H21F2NS. The summed E-state index contributed by atoms with van der Waals surface area (Å²) in [7, 11) is 0. The van der Waals surface area contributed by atoms with Crippen molar-refractivity contribution in [3.63, 3.8) is 0 Å². The zero-order valence-electron chi connectivity index (χ0n) is 12.4. The number of fused-ring (bicyclic) bond motifs is 1. The quantitative estimate of drug-likeness (QED) is 0.814. The summed E-state index contributed by atoms with van der Waals surface area (Å²) < 4.78 is 27.7. The van der Waals surface area contributed by atoms with Gasteiger partial charge in [-0.3, -0.25) is 0 Å². The smallest absolute Gasteiger partial charge is 0.160 e. The van der Waals surface area contributed by atoms with E-state index < -0.39 is 11.6 Å². The van der Waals surface area contributed by atoms with Crippen LogP contribution in [0.15, 0.2) is 12.1 Å². The van der Waals surface area contributed by atoms with E-state index in [-0.39, 0.29) is 0 Å². The Morgan fingerprint density at radius 2 is 1.75 bits per heavy atom. The van der Waals surface area contributed by atoms with Crippen molar-refractivity contribution < 1.29 is 8.78 Å². The summed E-state index contributed by atoms with van der Waals surface area (Å²) in [5.74, 6) is -0.652. The molecule has 1 aromatic carbocycles. The second-order valence-corrected chi connectivity index (χ2v) is 7.02. The summed E-state index contributed by atoms with van der Waals surface area (Å²) in [4.78, 5) is 1.18. The summed E-state index contributed by atoms with van der Waals surface area (Å²) >= 11 is 1.56. The second-order valence-electron chi connectivity index (χ2n) is 5.88. The molecule has 0 amide bonds. The van der Waals surface area contributed by atoms with Gasteiger partial charge in [0.05, 0.1) is 0 Å². The number of hydrogen-bond acceptors (Lipinski definition) is 2. The van der Waals surface area contributed by atoms with Crippen LogP contribution < -0.4 is 5.32 Å². The minimum absolute atomic E-state index is 0.296. The average Bonchev–Trinajstić information content (AvgIpc) is 2.67. The van der Waals surface area contributed by atoms with Crippen LogP contribution in [0.5, 0.6) is 0 Å². The van der Waals surface area contributed by atoms with Gasteiger partial charge in [-0.15, -0.1) is 11.3 Å². The molecule has 0 fully saturated rings. The van der Waals surface area contributed by atoms with E-state index in [0.29, 0.717) is 11.8 Å². The van der Waals surface area contributed by atoms with Crippen molar-refractivity contribution in [2.24, 2.45) is 5.92 Å². The van der Waals surface area contributed by atoms with Gasteiger partial charge in [0.25, 0.3) is 0 Å². The minimum Gasteiger partial charge on any atom is -0.312 e. The predicted octanol–water partition coefficient (Wildman–Crippen LogP) is 5.05. The van der Waals surface area contributed by atoms with Crippen molar-refractivity contribution in [1.82, 2.24) is 5.32 Å². The van der Waals surface area contributed by atoms with Crippen LogP contribution in [0.4, 0.5) is 8.78 Å². The molecule has 0 saturated heterocycles. The Labute approximate surface area is 123 Å². The number of thiophene rings is 1. The number of halogens is 2. The highest BCUT2D eigenvalue weighted by Gasteiger charge is 2.17. The molecule has 0 radical (unpaired) electrons. The van der Waals surface area contributed by atoms with Gasteiger partial charge in [-0.25, -0.2) is 8.78 Å². The van der Waals surface area contributed by atoms with E-state index >= 15 is 0 Å². The lowest BCUT2D eigenvalue weighted by atomic mass is 9.99. The van der Waals surface area contributed by atoms with E-state index in [1.54, 1.807) is 11.3 Å². The molecule has 1 aromatic heterocycles. The maximum atomic E-state index is 13.5. The van der Waals surface area contributed by atoms with Gasteiger partial charge in [-0.1, -0.05) is 27.7 Å². The predicted molar refractivity (Wildman–Crippen MR) is 82.4 cm³/mol. The Bertz CT molecular complexity index is 602. The fourth-order valence-electron chi connectivity index (χ4n) is 2.40. The third-order valence-electron chi connectivity index (χ3n) is 3.26. The molecule has 110 valence electrons. The van der Waals surface area contributed by atoms with Crippen LogP contribution in [0.25, 0.3) is 10.1 Å². The van der Waals surface area contributed by atoms with E-state index in [1.807, 2.05) is 0 Å². The summed E-state index contributed by atoms with van der Waals surface area (Å²) in [6, 6.07) is 2.65. The molecule has 0 unspecified atom stereocenters. The molecule has 4 heteroatoms. The third-order valence-corrected chi connectivity index (χ3v) is 4.43. The molecule has 1 N–H and O–H groups in total. The summed E-state index contributed by atoms with van der Waals surface area (Å²) in [6.07, 6.45) is 0. The number of nitrogens with one attached hydrogen (secondary N) is 1. The van der Waals surface area contributed by atoms with E-state index in [9.17, 15) is 8.78 Å². The third kappa shape index (κ3) is 3.18. The first-order valence-corrected chi connectivity index (χ1v) is 7.82. The molecule has 2 aromatic rings. The lowest BCUT2D eigenvalue weighted by Gasteiger charge is -2.10. The van der Waals surface area contributed by atoms with Crippen molar-refractivity contribution in [2.75, 3.05) is 6.54 Å². The lowest BCUT2D eigenvalue weighted by molar-refractivity contribution is 0.511. The first kappa shape index (κ1) is 15.4. The van der Waals surface area contributed by atoms with Crippen LogP contribution in [0, 0.1) is 17.6 Å². The molecule has 20 heavy (non-hydrogen) atoms. The van der Waals surface area contributed by atoms with Crippen LogP contribution in [0.3, 0.4) is 0 Å². The molecule has 0 aliphatic carbocycles. The van der Waals surface area contributed by atoms with Gasteiger partial charge in [-0.05, 0) is 41.5 Å². The maximum Gasteiger partial charge on any atom is 0.160 e. The number of hydrogen-bond donors (Lipinski definition) is 1. The van der Waals surface area contributed by atoms with Gasteiger partial charge in [0, 0.05) is 16.1 Å². The van der Waals surface area contributed by atoms with Gasteiger partial charge in [0.15, 0.2) is 11.6 Å². The zero-order valence-corrected chi connectivity index (χ0v) is 13.2. The zero-order chi connectivity index (χ0) is 14.9. The minimum atomic E-state index is -0.768. The summed E-state index contributed by atoms with van der Waals surface area (Å²) in [5.41, 5.74) is 1.14. The van der Waals surface area contributed by atoms with Gasteiger partial charge in [0.1, 0.15) is 0 Å². The van der Waals surface area contributed by atoms with Crippen LogP contribution in [0.2, 0.25) is 0 Å². The molecule has 1 nitrogen and oxygen atoms in total. The molecule has 0 saturated carbocycles. The van der Waals surface area contributed by atoms with Crippen LogP contribution in [0.1, 0.15) is 44.1 Å². The van der Waals surface area contributed by atoms with E-state index in [4.69, 9.17) is 0 Å². The van der Waals surface area contributed by atoms with Crippen molar-refractivity contribution >= 4 is 21.4 Å². The van der Waals surface area contributed by atoms with Crippen molar-refractivity contribution in [2.45, 2.75) is 40.2 Å². The molecule has 1 heterocycles. The standard InChI is InChI=1S/C16H21F2NS/c1-9(2)7-19-8-15-16(10(3)4)11-5-12(17)13(18)6-14(11)20-15/h5-6,9-10,19H,7-8H2,1-4H3. The molecular weight excluding hydrogens is 276 g/mol. The highest BCUT2D eigenvalue weighted by atomic mass is 32.1. The van der Waals surface area contributed by atoms with E-state index in [1.165, 1.54) is 17.0 Å². The number of benzene rings is 1. The van der Waals surface area contributed by atoms with Crippen LogP contribution in [-0.2, 0) is 6.54 Å². The van der Waals surface area contributed by atoms with E-state index in [0.717, 1.165) is 28.7 Å². The summed E-state index contributed by atoms with van der Waals surface area (Å²) in [5, 5.41) is 4.26. The molecule has 0 aliphatic rings. The van der Waals surface area contributed by atoms with Crippen molar-refractivity contribution in [1.29, 1.82) is 0 Å². The first-order valence-electron chi connectivity index (χ1n) is 7.01. The lowest BCUT2D eigenvalue weighted by Crippen LogP contribution is -2.19. The van der Waals surface area contributed by atoms with Crippen molar-refractivity contribution in [3.05, 3.63) is 34.2 Å². The van der Waals surface area contributed by atoms with Crippen LogP contribution >= 0.6 is 11.3 Å². The number of rotatable bonds is 5. The molecule has 0 atom stereocenters. The van der Waals surface area contributed by atoms with Gasteiger partial charge < -0.3 is 5.32 Å². The Hall–Kier alpha value is -1.00. The van der Waals surface area contributed by atoms with Gasteiger partial charge in [0.2, 0.25) is 0 Å². The largest absolute Gasteiger partial charge is 0.312 e.